The van der Waals surface area contributed by atoms with Crippen LogP contribution in [0, 0.1) is 25.6 Å². The predicted molar refractivity (Wildman–Crippen MR) is 128 cm³/mol. The molecule has 3 atom stereocenters. The maximum absolute atomic E-state index is 14.0. The van der Waals surface area contributed by atoms with Gasteiger partial charge in [0.05, 0.1) is 17.7 Å². The van der Waals surface area contributed by atoms with Crippen molar-refractivity contribution in [1.29, 1.82) is 0 Å². The number of aryl methyl sites for hydroxylation is 2. The van der Waals surface area contributed by atoms with Crippen LogP contribution < -0.4 is 10.1 Å². The Morgan fingerprint density at radius 3 is 2.67 bits per heavy atom. The molecule has 1 aromatic carbocycles. The number of aromatic nitrogens is 2. The Kier molecular flexibility index (Phi) is 7.52. The molecule has 0 bridgehead atoms. The second kappa shape index (κ2) is 10.8. The van der Waals surface area contributed by atoms with E-state index in [2.05, 4.69) is 15.5 Å². The van der Waals surface area contributed by atoms with Crippen LogP contribution in [0.4, 0.5) is 14.9 Å². The summed E-state index contributed by atoms with van der Waals surface area (Å²) in [6.45, 7) is 5.01. The Hall–Kier alpha value is -3.95. The van der Waals surface area contributed by atoms with Crippen LogP contribution in [-0.2, 0) is 9.53 Å². The number of hydrogen-bond acceptors (Lipinski definition) is 7. The van der Waals surface area contributed by atoms with E-state index in [0.717, 1.165) is 12.8 Å². The van der Waals surface area contributed by atoms with Crippen LogP contribution in [0.15, 0.2) is 40.9 Å². The SMILES string of the molecule is Cc1nc(-c2onc(C)c2NC(=O)O[C@H](C)c2ccccc2F)ccc1OC1CCCC(C(=O)O)C1. The molecule has 1 aliphatic rings. The molecular formula is C26H28FN3O6. The highest BCUT2D eigenvalue weighted by Crippen LogP contribution is 2.34. The average Bonchev–Trinajstić information content (AvgIpc) is 3.20. The van der Waals surface area contributed by atoms with E-state index in [1.165, 1.54) is 6.07 Å². The third-order valence-corrected chi connectivity index (χ3v) is 6.26. The fraction of sp³-hybridized carbons (Fsp3) is 0.385. The molecule has 9 nitrogen and oxygen atoms in total. The molecule has 36 heavy (non-hydrogen) atoms. The molecule has 2 heterocycles. The number of carboxylic acid groups (broad SMARTS) is 1. The minimum absolute atomic E-state index is 0.192. The summed E-state index contributed by atoms with van der Waals surface area (Å²) in [6, 6.07) is 9.50. The average molecular weight is 498 g/mol. The molecule has 10 heteroatoms. The summed E-state index contributed by atoms with van der Waals surface area (Å²) in [6.07, 6.45) is 0.902. The minimum atomic E-state index is -0.813. The highest BCUT2D eigenvalue weighted by molar-refractivity contribution is 5.90. The summed E-state index contributed by atoms with van der Waals surface area (Å²) in [4.78, 5) is 28.4. The molecule has 2 N–H and O–H groups in total. The van der Waals surface area contributed by atoms with E-state index in [9.17, 15) is 19.1 Å². The zero-order chi connectivity index (χ0) is 25.8. The first kappa shape index (κ1) is 25.2. The number of carboxylic acids is 1. The van der Waals surface area contributed by atoms with Gasteiger partial charge in [-0.2, -0.15) is 0 Å². The molecule has 0 aliphatic heterocycles. The van der Waals surface area contributed by atoms with Gasteiger partial charge in [-0.25, -0.2) is 14.2 Å². The first-order valence-corrected chi connectivity index (χ1v) is 11.8. The van der Waals surface area contributed by atoms with Crippen LogP contribution in [0.3, 0.4) is 0 Å². The fourth-order valence-corrected chi connectivity index (χ4v) is 4.31. The van der Waals surface area contributed by atoms with E-state index in [4.69, 9.17) is 14.0 Å². The third-order valence-electron chi connectivity index (χ3n) is 6.26. The van der Waals surface area contributed by atoms with Crippen LogP contribution in [0.25, 0.3) is 11.5 Å². The number of rotatable bonds is 7. The second-order valence-electron chi connectivity index (χ2n) is 8.89. The topological polar surface area (TPSA) is 124 Å². The first-order valence-electron chi connectivity index (χ1n) is 11.8. The van der Waals surface area contributed by atoms with Crippen LogP contribution in [0.5, 0.6) is 5.75 Å². The second-order valence-corrected chi connectivity index (χ2v) is 8.89. The summed E-state index contributed by atoms with van der Waals surface area (Å²) >= 11 is 0. The number of pyridine rings is 1. The van der Waals surface area contributed by atoms with Crippen molar-refractivity contribution in [3.8, 4) is 17.2 Å². The van der Waals surface area contributed by atoms with Gasteiger partial charge < -0.3 is 19.1 Å². The number of halogens is 1. The molecule has 0 spiro atoms. The molecule has 1 saturated carbocycles. The number of hydrogen-bond donors (Lipinski definition) is 2. The van der Waals surface area contributed by atoms with Crippen molar-refractivity contribution in [1.82, 2.24) is 10.1 Å². The monoisotopic (exact) mass is 497 g/mol. The largest absolute Gasteiger partial charge is 0.489 e. The van der Waals surface area contributed by atoms with Crippen molar-refractivity contribution in [2.24, 2.45) is 5.92 Å². The van der Waals surface area contributed by atoms with Crippen molar-refractivity contribution in [3.63, 3.8) is 0 Å². The quantitative estimate of drug-likeness (QED) is 0.418. The number of aliphatic carboxylic acids is 1. The number of ether oxygens (including phenoxy) is 2. The third kappa shape index (κ3) is 5.64. The highest BCUT2D eigenvalue weighted by atomic mass is 19.1. The lowest BCUT2D eigenvalue weighted by molar-refractivity contribution is -0.143. The van der Waals surface area contributed by atoms with E-state index < -0.39 is 29.9 Å². The molecular weight excluding hydrogens is 469 g/mol. The van der Waals surface area contributed by atoms with Crippen molar-refractivity contribution in [2.45, 2.75) is 58.7 Å². The van der Waals surface area contributed by atoms with Crippen molar-refractivity contribution >= 4 is 17.7 Å². The first-order chi connectivity index (χ1) is 17.2. The lowest BCUT2D eigenvalue weighted by atomic mass is 9.87. The number of carbonyl (C=O) groups is 2. The summed E-state index contributed by atoms with van der Waals surface area (Å²) < 4.78 is 30.8. The maximum atomic E-state index is 14.0. The van der Waals surface area contributed by atoms with Crippen LogP contribution in [0.2, 0.25) is 0 Å². The molecule has 1 aliphatic carbocycles. The molecule has 190 valence electrons. The van der Waals surface area contributed by atoms with Crippen molar-refractivity contribution < 1.29 is 33.1 Å². The Balaban J connectivity index is 1.46. The summed E-state index contributed by atoms with van der Waals surface area (Å²) in [5, 5.41) is 15.9. The smallest absolute Gasteiger partial charge is 0.412 e. The number of anilines is 1. The molecule has 1 fully saturated rings. The zero-order valence-electron chi connectivity index (χ0n) is 20.3. The Bertz CT molecular complexity index is 1260. The van der Waals surface area contributed by atoms with E-state index in [1.54, 1.807) is 51.1 Å². The predicted octanol–water partition coefficient (Wildman–Crippen LogP) is 5.82. The maximum Gasteiger partial charge on any atom is 0.412 e. The van der Waals surface area contributed by atoms with Gasteiger partial charge in [0.2, 0.25) is 5.76 Å². The van der Waals surface area contributed by atoms with Crippen molar-refractivity contribution in [2.75, 3.05) is 5.32 Å². The minimum Gasteiger partial charge on any atom is -0.489 e. The number of nitrogens with one attached hydrogen (secondary N) is 1. The van der Waals surface area contributed by atoms with Gasteiger partial charge in [0, 0.05) is 5.56 Å². The Morgan fingerprint density at radius 2 is 1.94 bits per heavy atom. The van der Waals surface area contributed by atoms with Gasteiger partial charge in [-0.05, 0) is 64.7 Å². The number of nitrogens with zero attached hydrogens (tertiary/aromatic N) is 2. The molecule has 2 unspecified atom stereocenters. The number of benzene rings is 1. The lowest BCUT2D eigenvalue weighted by Gasteiger charge is -2.27. The van der Waals surface area contributed by atoms with Crippen LogP contribution in [0.1, 0.15) is 55.7 Å². The van der Waals surface area contributed by atoms with Gasteiger partial charge in [0.25, 0.3) is 0 Å². The lowest BCUT2D eigenvalue weighted by Crippen LogP contribution is -2.29. The van der Waals surface area contributed by atoms with Gasteiger partial charge in [-0.15, -0.1) is 0 Å². The molecule has 2 aromatic heterocycles. The Labute approximate surface area is 207 Å². The molecule has 1 amide bonds. The van der Waals surface area contributed by atoms with Crippen molar-refractivity contribution in [3.05, 3.63) is 59.2 Å². The van der Waals surface area contributed by atoms with Gasteiger partial charge in [-0.1, -0.05) is 23.4 Å². The van der Waals surface area contributed by atoms with Crippen LogP contribution >= 0.6 is 0 Å². The molecule has 0 saturated heterocycles. The normalized spacial score (nSPS) is 18.3. The molecule has 3 aromatic rings. The van der Waals surface area contributed by atoms with Gasteiger partial charge >= 0.3 is 12.1 Å². The zero-order valence-corrected chi connectivity index (χ0v) is 20.3. The van der Waals surface area contributed by atoms with E-state index in [1.807, 2.05) is 0 Å². The summed E-state index contributed by atoms with van der Waals surface area (Å²) in [5.41, 5.74) is 1.97. The van der Waals surface area contributed by atoms with E-state index in [0.29, 0.717) is 35.7 Å². The highest BCUT2D eigenvalue weighted by Gasteiger charge is 2.29. The number of carbonyl (C=O) groups excluding carboxylic acids is 1. The fourth-order valence-electron chi connectivity index (χ4n) is 4.31. The summed E-state index contributed by atoms with van der Waals surface area (Å²) in [7, 11) is 0. The summed E-state index contributed by atoms with van der Waals surface area (Å²) in [5.74, 6) is -0.868. The van der Waals surface area contributed by atoms with Gasteiger partial charge in [0.15, 0.2) is 0 Å². The number of amides is 1. The van der Waals surface area contributed by atoms with Gasteiger partial charge in [0.1, 0.15) is 34.7 Å². The van der Waals surface area contributed by atoms with E-state index >= 15 is 0 Å². The molecule has 0 radical (unpaired) electrons. The standard InChI is InChI=1S/C26H28FN3O6/c1-14-22(35-18-8-6-7-17(13-18)25(31)32)12-11-21(28-14)24-23(15(2)30-36-24)29-26(33)34-16(3)19-9-4-5-10-20(19)27/h4-5,9-12,16-18H,6-8,13H2,1-3H3,(H,29,33)(H,31,32)/t16-,17?,18?/m1/s1. The van der Waals surface area contributed by atoms with Crippen LogP contribution in [-0.4, -0.2) is 33.4 Å². The van der Waals surface area contributed by atoms with E-state index in [-0.39, 0.29) is 23.1 Å². The van der Waals surface area contributed by atoms with Gasteiger partial charge in [-0.3, -0.25) is 10.1 Å². The molecule has 4 rings (SSSR count). The Morgan fingerprint density at radius 1 is 1.17 bits per heavy atom.